The van der Waals surface area contributed by atoms with Crippen molar-refractivity contribution in [3.05, 3.63) is 36.9 Å². The van der Waals surface area contributed by atoms with Crippen LogP contribution in [0.2, 0.25) is 0 Å². The van der Waals surface area contributed by atoms with E-state index in [1.165, 1.54) is 31.4 Å². The van der Waals surface area contributed by atoms with Gasteiger partial charge >= 0.3 is 0 Å². The van der Waals surface area contributed by atoms with E-state index in [0.717, 1.165) is 18.8 Å². The molecule has 0 aromatic heterocycles. The highest BCUT2D eigenvalue weighted by atomic mass is 15.1. The summed E-state index contributed by atoms with van der Waals surface area (Å²) in [5.74, 6) is 0. The Hall–Kier alpha value is -1.44. The number of nitrogens with zero attached hydrogens (tertiary/aromatic N) is 1. The van der Waals surface area contributed by atoms with Crippen molar-refractivity contribution in [3.63, 3.8) is 0 Å². The fraction of sp³-hybridized carbons (Fsp3) is 0.467. The summed E-state index contributed by atoms with van der Waals surface area (Å²) in [6, 6.07) is 8.08. The minimum absolute atomic E-state index is 0.818. The predicted octanol–water partition coefficient (Wildman–Crippen LogP) is 3.84. The van der Waals surface area contributed by atoms with Crippen LogP contribution in [0, 0.1) is 0 Å². The highest BCUT2D eigenvalue weighted by molar-refractivity contribution is 5.53. The third-order valence-electron chi connectivity index (χ3n) is 2.89. The molecule has 0 aliphatic heterocycles. The van der Waals surface area contributed by atoms with Crippen molar-refractivity contribution in [2.75, 3.05) is 23.7 Å². The summed E-state index contributed by atoms with van der Waals surface area (Å²) in [5.41, 5.74) is 7.75. The van der Waals surface area contributed by atoms with Gasteiger partial charge in [0.05, 0.1) is 0 Å². The Kier molecular flexibility index (Phi) is 6.23. The lowest BCUT2D eigenvalue weighted by atomic mass is 10.2. The van der Waals surface area contributed by atoms with Crippen molar-refractivity contribution in [2.45, 2.75) is 32.6 Å². The second-order valence-electron chi connectivity index (χ2n) is 4.39. The lowest BCUT2D eigenvalue weighted by molar-refractivity contribution is 0.654. The van der Waals surface area contributed by atoms with Gasteiger partial charge in [-0.3, -0.25) is 0 Å². The predicted molar refractivity (Wildman–Crippen MR) is 77.4 cm³/mol. The Labute approximate surface area is 105 Å². The number of benzene rings is 1. The first-order valence-electron chi connectivity index (χ1n) is 6.49. The highest BCUT2D eigenvalue weighted by Gasteiger charge is 2.03. The molecule has 1 rings (SSSR count). The zero-order valence-electron chi connectivity index (χ0n) is 10.9. The maximum absolute atomic E-state index is 5.70. The number of hydrogen-bond donors (Lipinski definition) is 1. The van der Waals surface area contributed by atoms with Gasteiger partial charge in [0.1, 0.15) is 0 Å². The third-order valence-corrected chi connectivity index (χ3v) is 2.89. The van der Waals surface area contributed by atoms with Gasteiger partial charge in [0.2, 0.25) is 0 Å². The molecule has 0 heterocycles. The molecule has 1 aromatic rings. The molecule has 0 aliphatic carbocycles. The number of rotatable bonds is 8. The second kappa shape index (κ2) is 7.77. The smallest absolute Gasteiger partial charge is 0.0370 e. The summed E-state index contributed by atoms with van der Waals surface area (Å²) < 4.78 is 0. The van der Waals surface area contributed by atoms with Crippen LogP contribution in [0.1, 0.15) is 32.6 Å². The van der Waals surface area contributed by atoms with Crippen LogP contribution in [0.3, 0.4) is 0 Å². The molecule has 0 radical (unpaired) electrons. The number of anilines is 2. The summed E-state index contributed by atoms with van der Waals surface area (Å²) in [7, 11) is 0. The molecule has 0 fully saturated rings. The van der Waals surface area contributed by atoms with Gasteiger partial charge in [-0.15, -0.1) is 6.58 Å². The first-order valence-corrected chi connectivity index (χ1v) is 6.49. The van der Waals surface area contributed by atoms with Crippen molar-refractivity contribution >= 4 is 11.4 Å². The Morgan fingerprint density at radius 1 is 1.18 bits per heavy atom. The lowest BCUT2D eigenvalue weighted by Crippen LogP contribution is -2.24. The molecule has 0 aliphatic rings. The third kappa shape index (κ3) is 4.94. The van der Waals surface area contributed by atoms with Gasteiger partial charge < -0.3 is 10.6 Å². The number of hydrogen-bond acceptors (Lipinski definition) is 2. The monoisotopic (exact) mass is 232 g/mol. The van der Waals surface area contributed by atoms with Crippen LogP contribution in [-0.2, 0) is 0 Å². The van der Waals surface area contributed by atoms with E-state index in [1.807, 2.05) is 18.2 Å². The molecule has 0 spiro atoms. The quantitative estimate of drug-likeness (QED) is 0.419. The summed E-state index contributed by atoms with van der Waals surface area (Å²) in [4.78, 5) is 2.35. The fourth-order valence-corrected chi connectivity index (χ4v) is 1.90. The van der Waals surface area contributed by atoms with Crippen LogP contribution < -0.4 is 10.6 Å². The van der Waals surface area contributed by atoms with Crippen LogP contribution in [0.25, 0.3) is 0 Å². The zero-order chi connectivity index (χ0) is 12.5. The minimum Gasteiger partial charge on any atom is -0.399 e. The van der Waals surface area contributed by atoms with Crippen molar-refractivity contribution in [1.82, 2.24) is 0 Å². The van der Waals surface area contributed by atoms with E-state index >= 15 is 0 Å². The molecule has 0 bridgehead atoms. The molecule has 17 heavy (non-hydrogen) atoms. The van der Waals surface area contributed by atoms with E-state index in [0.29, 0.717) is 0 Å². The van der Waals surface area contributed by atoms with Gasteiger partial charge in [-0.05, 0) is 30.7 Å². The normalized spacial score (nSPS) is 10.2. The van der Waals surface area contributed by atoms with E-state index in [2.05, 4.69) is 30.5 Å². The first-order chi connectivity index (χ1) is 8.27. The molecule has 0 unspecified atom stereocenters. The van der Waals surface area contributed by atoms with Crippen LogP contribution in [0.5, 0.6) is 0 Å². The van der Waals surface area contributed by atoms with Crippen LogP contribution in [-0.4, -0.2) is 13.1 Å². The summed E-state index contributed by atoms with van der Waals surface area (Å²) in [6.45, 7) is 8.05. The second-order valence-corrected chi connectivity index (χ2v) is 4.39. The van der Waals surface area contributed by atoms with Gasteiger partial charge in [0, 0.05) is 24.5 Å². The first kappa shape index (κ1) is 13.6. The Morgan fingerprint density at radius 2 is 1.88 bits per heavy atom. The van der Waals surface area contributed by atoms with Gasteiger partial charge in [-0.1, -0.05) is 32.3 Å². The molecule has 2 nitrogen and oxygen atoms in total. The van der Waals surface area contributed by atoms with Gasteiger partial charge in [0.25, 0.3) is 0 Å². The molecule has 0 atom stereocenters. The van der Waals surface area contributed by atoms with E-state index in [4.69, 9.17) is 5.73 Å². The van der Waals surface area contributed by atoms with Gasteiger partial charge in [0.15, 0.2) is 0 Å². The maximum Gasteiger partial charge on any atom is 0.0370 e. The standard InChI is InChI=1S/C15H24N2/c1-3-5-6-7-13-17(12-4-2)15-10-8-14(16)9-11-15/h4,8-11H,2-3,5-7,12-13,16H2,1H3. The molecule has 94 valence electrons. The average molecular weight is 232 g/mol. The van der Waals surface area contributed by atoms with Gasteiger partial charge in [-0.2, -0.15) is 0 Å². The molecule has 2 heteroatoms. The number of nitrogen functional groups attached to an aromatic ring is 1. The zero-order valence-corrected chi connectivity index (χ0v) is 10.9. The number of unbranched alkanes of at least 4 members (excludes halogenated alkanes) is 3. The van der Waals surface area contributed by atoms with Crippen LogP contribution in [0.4, 0.5) is 11.4 Å². The molecule has 0 saturated carbocycles. The Balaban J connectivity index is 2.52. The molecule has 2 N–H and O–H groups in total. The van der Waals surface area contributed by atoms with Gasteiger partial charge in [-0.25, -0.2) is 0 Å². The minimum atomic E-state index is 0.818. The fourth-order valence-electron chi connectivity index (χ4n) is 1.90. The Bertz CT molecular complexity index is 316. The van der Waals surface area contributed by atoms with E-state index in [-0.39, 0.29) is 0 Å². The van der Waals surface area contributed by atoms with Crippen molar-refractivity contribution in [3.8, 4) is 0 Å². The summed E-state index contributed by atoms with van der Waals surface area (Å²) in [5, 5.41) is 0. The maximum atomic E-state index is 5.70. The summed E-state index contributed by atoms with van der Waals surface area (Å²) in [6.07, 6.45) is 7.11. The van der Waals surface area contributed by atoms with E-state index in [1.54, 1.807) is 0 Å². The Morgan fingerprint density at radius 3 is 2.47 bits per heavy atom. The largest absolute Gasteiger partial charge is 0.399 e. The molecule has 0 amide bonds. The van der Waals surface area contributed by atoms with Crippen molar-refractivity contribution in [2.24, 2.45) is 0 Å². The van der Waals surface area contributed by atoms with Crippen molar-refractivity contribution < 1.29 is 0 Å². The summed E-state index contributed by atoms with van der Waals surface area (Å²) >= 11 is 0. The molecular weight excluding hydrogens is 208 g/mol. The SMILES string of the molecule is C=CCN(CCCCCC)c1ccc(N)cc1. The van der Waals surface area contributed by atoms with Crippen LogP contribution in [0.15, 0.2) is 36.9 Å². The van der Waals surface area contributed by atoms with Crippen molar-refractivity contribution in [1.29, 1.82) is 0 Å². The van der Waals surface area contributed by atoms with Crippen LogP contribution >= 0.6 is 0 Å². The van der Waals surface area contributed by atoms with E-state index < -0.39 is 0 Å². The molecule has 1 aromatic carbocycles. The molecule has 0 saturated heterocycles. The topological polar surface area (TPSA) is 29.3 Å². The average Bonchev–Trinajstić information content (AvgIpc) is 2.34. The lowest BCUT2D eigenvalue weighted by Gasteiger charge is -2.23. The molecular formula is C15H24N2. The number of nitrogens with two attached hydrogens (primary N) is 1. The highest BCUT2D eigenvalue weighted by Crippen LogP contribution is 2.17. The van der Waals surface area contributed by atoms with E-state index in [9.17, 15) is 0 Å².